The molecule has 4 heterocycles. The summed E-state index contributed by atoms with van der Waals surface area (Å²) < 4.78 is 1.94. The number of nitrogens with one attached hydrogen (secondary N) is 2. The molecule has 0 spiro atoms. The van der Waals surface area contributed by atoms with Crippen LogP contribution in [0.1, 0.15) is 31.4 Å². The summed E-state index contributed by atoms with van der Waals surface area (Å²) in [5, 5.41) is 6.26. The van der Waals surface area contributed by atoms with Crippen LogP contribution in [0.2, 0.25) is 0 Å². The van der Waals surface area contributed by atoms with E-state index < -0.39 is 0 Å². The molecule has 4 rings (SSSR count). The third-order valence-corrected chi connectivity index (χ3v) is 5.38. The maximum Gasteiger partial charge on any atom is 0.239 e. The lowest BCUT2D eigenvalue weighted by molar-refractivity contribution is -0.136. The van der Waals surface area contributed by atoms with E-state index in [0.29, 0.717) is 13.1 Å². The predicted octanol–water partition coefficient (Wildman–Crippen LogP) is 1.57. The maximum atomic E-state index is 12.6. The minimum Gasteiger partial charge on any atom is -0.341 e. The van der Waals surface area contributed by atoms with E-state index in [2.05, 4.69) is 15.6 Å². The van der Waals surface area contributed by atoms with E-state index in [9.17, 15) is 9.59 Å². The number of rotatable bonds is 3. The van der Waals surface area contributed by atoms with Crippen LogP contribution in [-0.2, 0) is 9.59 Å². The third kappa shape index (κ3) is 3.44. The molecule has 1 atom stereocenters. The smallest absolute Gasteiger partial charge is 0.239 e. The number of amides is 2. The number of nitrogens with zero attached hydrogens (tertiary/aromatic N) is 3. The summed E-state index contributed by atoms with van der Waals surface area (Å²) in [6.45, 7) is 4.19. The normalized spacial score (nSPS) is 21.3. The number of hydrogen-bond donors (Lipinski definition) is 2. The van der Waals surface area contributed by atoms with Gasteiger partial charge in [0.25, 0.3) is 0 Å². The molecule has 138 valence electrons. The zero-order valence-corrected chi connectivity index (χ0v) is 15.1. The van der Waals surface area contributed by atoms with E-state index in [0.717, 1.165) is 49.3 Å². The summed E-state index contributed by atoms with van der Waals surface area (Å²) in [5.41, 5.74) is 2.54. The molecular weight excluding hydrogens is 330 g/mol. The molecular formula is C19H25N5O2. The van der Waals surface area contributed by atoms with Gasteiger partial charge in [-0.05, 0) is 45.2 Å². The topological polar surface area (TPSA) is 78.7 Å². The molecule has 2 saturated heterocycles. The number of pyridine rings is 1. The van der Waals surface area contributed by atoms with E-state index in [-0.39, 0.29) is 23.8 Å². The minimum atomic E-state index is -0.0479. The van der Waals surface area contributed by atoms with Crippen molar-refractivity contribution in [2.24, 2.45) is 5.92 Å². The van der Waals surface area contributed by atoms with Crippen LogP contribution in [0.4, 0.5) is 5.69 Å². The Morgan fingerprint density at radius 2 is 2.08 bits per heavy atom. The van der Waals surface area contributed by atoms with Crippen molar-refractivity contribution in [2.75, 3.05) is 25.0 Å². The summed E-state index contributed by atoms with van der Waals surface area (Å²) in [4.78, 5) is 31.4. The number of carbonyl (C=O) groups excluding carboxylic acids is 2. The molecule has 7 heteroatoms. The maximum absolute atomic E-state index is 12.6. The lowest BCUT2D eigenvalue weighted by Crippen LogP contribution is -2.48. The molecule has 0 aliphatic carbocycles. The van der Waals surface area contributed by atoms with Crippen LogP contribution in [0, 0.1) is 12.8 Å². The summed E-state index contributed by atoms with van der Waals surface area (Å²) in [7, 11) is 0. The van der Waals surface area contributed by atoms with Gasteiger partial charge >= 0.3 is 0 Å². The number of hydrogen-bond acceptors (Lipinski definition) is 4. The lowest BCUT2D eigenvalue weighted by Gasteiger charge is -2.33. The number of aryl methyl sites for hydroxylation is 1. The molecule has 2 aliphatic heterocycles. The van der Waals surface area contributed by atoms with Gasteiger partial charge in [0.2, 0.25) is 11.8 Å². The van der Waals surface area contributed by atoms with Gasteiger partial charge in [0.05, 0.1) is 11.7 Å². The third-order valence-electron chi connectivity index (χ3n) is 5.38. The van der Waals surface area contributed by atoms with Crippen molar-refractivity contribution in [1.29, 1.82) is 0 Å². The largest absolute Gasteiger partial charge is 0.341 e. The Balaban J connectivity index is 1.33. The number of anilines is 1. The van der Waals surface area contributed by atoms with Gasteiger partial charge < -0.3 is 19.9 Å². The molecule has 0 saturated carbocycles. The van der Waals surface area contributed by atoms with Crippen LogP contribution in [-0.4, -0.2) is 51.8 Å². The summed E-state index contributed by atoms with van der Waals surface area (Å²) in [6.07, 6.45) is 7.28. The molecule has 2 aromatic heterocycles. The molecule has 0 bridgehead atoms. The zero-order chi connectivity index (χ0) is 18.1. The van der Waals surface area contributed by atoms with Crippen LogP contribution < -0.4 is 10.6 Å². The number of likely N-dealkylation sites (tertiary alicyclic amines) is 1. The second-order valence-electron chi connectivity index (χ2n) is 7.30. The Hall–Kier alpha value is -2.41. The molecule has 2 N–H and O–H groups in total. The van der Waals surface area contributed by atoms with E-state index in [4.69, 9.17) is 0 Å². The van der Waals surface area contributed by atoms with E-state index >= 15 is 0 Å². The molecule has 0 aromatic carbocycles. The van der Waals surface area contributed by atoms with Gasteiger partial charge in [0.1, 0.15) is 5.65 Å². The fourth-order valence-electron chi connectivity index (χ4n) is 3.91. The van der Waals surface area contributed by atoms with Crippen molar-refractivity contribution in [1.82, 2.24) is 19.6 Å². The van der Waals surface area contributed by atoms with E-state index in [1.807, 2.05) is 40.8 Å². The number of imidazole rings is 1. The van der Waals surface area contributed by atoms with E-state index in [1.165, 1.54) is 0 Å². The number of piperidine rings is 1. The Bertz CT molecular complexity index is 816. The monoisotopic (exact) mass is 355 g/mol. The second-order valence-corrected chi connectivity index (χ2v) is 7.30. The van der Waals surface area contributed by atoms with Crippen molar-refractivity contribution < 1.29 is 9.59 Å². The zero-order valence-electron chi connectivity index (χ0n) is 15.1. The molecule has 2 aliphatic rings. The first-order valence-corrected chi connectivity index (χ1v) is 9.38. The Morgan fingerprint density at radius 1 is 1.27 bits per heavy atom. The average Bonchev–Trinajstić information content (AvgIpc) is 3.29. The summed E-state index contributed by atoms with van der Waals surface area (Å²) in [5.74, 6) is 0.179. The van der Waals surface area contributed by atoms with Crippen molar-refractivity contribution in [3.63, 3.8) is 0 Å². The highest BCUT2D eigenvalue weighted by atomic mass is 16.2. The summed E-state index contributed by atoms with van der Waals surface area (Å²) in [6, 6.07) is 3.75. The van der Waals surface area contributed by atoms with Crippen molar-refractivity contribution in [3.8, 4) is 0 Å². The van der Waals surface area contributed by atoms with Crippen LogP contribution >= 0.6 is 0 Å². The highest BCUT2D eigenvalue weighted by Crippen LogP contribution is 2.22. The van der Waals surface area contributed by atoms with Crippen LogP contribution in [0.5, 0.6) is 0 Å². The molecule has 2 fully saturated rings. The van der Waals surface area contributed by atoms with Gasteiger partial charge in [-0.2, -0.15) is 0 Å². The Kier molecular flexibility index (Phi) is 4.63. The van der Waals surface area contributed by atoms with Gasteiger partial charge in [0, 0.05) is 43.2 Å². The van der Waals surface area contributed by atoms with E-state index in [1.54, 1.807) is 0 Å². The van der Waals surface area contributed by atoms with Crippen molar-refractivity contribution >= 4 is 23.1 Å². The fourth-order valence-corrected chi connectivity index (χ4v) is 3.91. The van der Waals surface area contributed by atoms with Gasteiger partial charge in [-0.3, -0.25) is 9.59 Å². The number of carbonyl (C=O) groups is 2. The summed E-state index contributed by atoms with van der Waals surface area (Å²) >= 11 is 0. The van der Waals surface area contributed by atoms with Gasteiger partial charge in [0.15, 0.2) is 0 Å². The van der Waals surface area contributed by atoms with Crippen LogP contribution in [0.3, 0.4) is 0 Å². The molecule has 2 amide bonds. The lowest BCUT2D eigenvalue weighted by atomic mass is 9.95. The van der Waals surface area contributed by atoms with Crippen LogP contribution in [0.15, 0.2) is 24.5 Å². The quantitative estimate of drug-likeness (QED) is 0.876. The molecule has 26 heavy (non-hydrogen) atoms. The number of aromatic nitrogens is 2. The molecule has 0 unspecified atom stereocenters. The first-order valence-electron chi connectivity index (χ1n) is 9.38. The molecule has 2 aromatic rings. The van der Waals surface area contributed by atoms with Gasteiger partial charge in [-0.1, -0.05) is 0 Å². The first-order chi connectivity index (χ1) is 12.6. The highest BCUT2D eigenvalue weighted by molar-refractivity contribution is 5.93. The fraction of sp³-hybridized carbons (Fsp3) is 0.526. The molecule has 0 radical (unpaired) electrons. The van der Waals surface area contributed by atoms with Crippen molar-refractivity contribution in [3.05, 3.63) is 30.2 Å². The average molecular weight is 355 g/mol. The van der Waals surface area contributed by atoms with Gasteiger partial charge in [-0.15, -0.1) is 0 Å². The number of fused-ring (bicyclic) bond motifs is 1. The van der Waals surface area contributed by atoms with Crippen LogP contribution in [0.25, 0.3) is 5.65 Å². The highest BCUT2D eigenvalue weighted by Gasteiger charge is 2.31. The second kappa shape index (κ2) is 7.07. The predicted molar refractivity (Wildman–Crippen MR) is 98.9 cm³/mol. The Morgan fingerprint density at radius 3 is 2.81 bits per heavy atom. The minimum absolute atomic E-state index is 0.0230. The molecule has 7 nitrogen and oxygen atoms in total. The SMILES string of the molecule is Cc1cn2ccc(NC(=O)C3CCN(C(=O)[C@@H]4CCCN4)CC3)cc2n1. The van der Waals surface area contributed by atoms with Crippen molar-refractivity contribution in [2.45, 2.75) is 38.6 Å². The first kappa shape index (κ1) is 17.0. The van der Waals surface area contributed by atoms with Gasteiger partial charge in [-0.25, -0.2) is 4.98 Å². The standard InChI is InChI=1S/C19H25N5O2/c1-13-12-24-10-6-15(11-17(24)21-13)22-18(25)14-4-8-23(9-5-14)19(26)16-3-2-7-20-16/h6,10-12,14,16,20H,2-5,7-9H2,1H3,(H,22,25)/t16-/m0/s1. The Labute approximate surface area is 152 Å².